The first kappa shape index (κ1) is 15.5. The highest BCUT2D eigenvalue weighted by atomic mass is 32.2. The van der Waals surface area contributed by atoms with Crippen molar-refractivity contribution in [3.05, 3.63) is 42.5 Å². The molecule has 0 fully saturated rings. The van der Waals surface area contributed by atoms with Gasteiger partial charge in [-0.15, -0.1) is 0 Å². The van der Waals surface area contributed by atoms with Gasteiger partial charge in [0.1, 0.15) is 5.75 Å². The minimum atomic E-state index is -3.57. The number of nitrogens with one attached hydrogen (secondary N) is 2. The predicted molar refractivity (Wildman–Crippen MR) is 76.3 cm³/mol. The molecular formula is C13H17N3O4S. The lowest BCUT2D eigenvalue weighted by molar-refractivity contribution is 0.233. The average molecular weight is 311 g/mol. The number of aliphatic hydroxyl groups excluding tert-OH is 1. The van der Waals surface area contributed by atoms with Gasteiger partial charge in [0.2, 0.25) is 10.0 Å². The van der Waals surface area contributed by atoms with Crippen LogP contribution in [0, 0.1) is 0 Å². The van der Waals surface area contributed by atoms with Crippen LogP contribution in [0.15, 0.2) is 41.7 Å². The Morgan fingerprint density at radius 2 is 2.05 bits per heavy atom. The van der Waals surface area contributed by atoms with Crippen molar-refractivity contribution in [2.24, 2.45) is 0 Å². The standard InChI is InChI=1S/C13H17N3O4S/c17-6-1-7-20-12-2-4-13(5-3-12)21(18,19)16-9-11-8-14-10-15-11/h2-5,8,10,16-17H,1,6-7,9H2,(H,14,15). The van der Waals surface area contributed by atoms with Crippen molar-refractivity contribution in [3.63, 3.8) is 0 Å². The Morgan fingerprint density at radius 3 is 2.67 bits per heavy atom. The number of rotatable bonds is 8. The fraction of sp³-hybridized carbons (Fsp3) is 0.308. The molecule has 2 aromatic rings. The van der Waals surface area contributed by atoms with Gasteiger partial charge in [0.25, 0.3) is 0 Å². The number of imidazole rings is 1. The van der Waals surface area contributed by atoms with Gasteiger partial charge >= 0.3 is 0 Å². The smallest absolute Gasteiger partial charge is 0.240 e. The molecule has 0 atom stereocenters. The molecule has 0 saturated carbocycles. The van der Waals surface area contributed by atoms with E-state index in [4.69, 9.17) is 9.84 Å². The summed E-state index contributed by atoms with van der Waals surface area (Å²) >= 11 is 0. The maximum Gasteiger partial charge on any atom is 0.240 e. The minimum Gasteiger partial charge on any atom is -0.494 e. The normalized spacial score (nSPS) is 11.5. The molecule has 0 aliphatic heterocycles. The Bertz CT molecular complexity index is 639. The van der Waals surface area contributed by atoms with Gasteiger partial charge in [-0.05, 0) is 24.3 Å². The van der Waals surface area contributed by atoms with E-state index in [1.807, 2.05) is 0 Å². The van der Waals surface area contributed by atoms with Crippen LogP contribution in [0.1, 0.15) is 12.1 Å². The average Bonchev–Trinajstić information content (AvgIpc) is 3.00. The zero-order valence-corrected chi connectivity index (χ0v) is 12.1. The number of H-pyrrole nitrogens is 1. The molecule has 0 amide bonds. The van der Waals surface area contributed by atoms with Gasteiger partial charge in [-0.3, -0.25) is 0 Å². The first-order valence-electron chi connectivity index (χ1n) is 6.42. The lowest BCUT2D eigenvalue weighted by atomic mass is 10.3. The van der Waals surface area contributed by atoms with Crippen molar-refractivity contribution in [3.8, 4) is 5.75 Å². The van der Waals surface area contributed by atoms with E-state index in [0.29, 0.717) is 24.5 Å². The van der Waals surface area contributed by atoms with Crippen molar-refractivity contribution in [1.82, 2.24) is 14.7 Å². The van der Waals surface area contributed by atoms with Crippen LogP contribution in [-0.2, 0) is 16.6 Å². The summed E-state index contributed by atoms with van der Waals surface area (Å²) in [5.74, 6) is 0.566. The van der Waals surface area contributed by atoms with Gasteiger partial charge < -0.3 is 14.8 Å². The number of nitrogens with zero attached hydrogens (tertiary/aromatic N) is 1. The Kier molecular flexibility index (Phi) is 5.32. The van der Waals surface area contributed by atoms with Crippen molar-refractivity contribution in [1.29, 1.82) is 0 Å². The molecular weight excluding hydrogens is 294 g/mol. The van der Waals surface area contributed by atoms with Crippen molar-refractivity contribution < 1.29 is 18.3 Å². The summed E-state index contributed by atoms with van der Waals surface area (Å²) in [4.78, 5) is 6.80. The number of aliphatic hydroxyl groups is 1. The second-order valence-electron chi connectivity index (χ2n) is 4.30. The molecule has 3 N–H and O–H groups in total. The molecule has 0 saturated heterocycles. The lowest BCUT2D eigenvalue weighted by Crippen LogP contribution is -2.23. The number of ether oxygens (including phenoxy) is 1. The molecule has 7 nitrogen and oxygen atoms in total. The molecule has 0 unspecified atom stereocenters. The third-order valence-electron chi connectivity index (χ3n) is 2.71. The van der Waals surface area contributed by atoms with Crippen molar-refractivity contribution in [2.75, 3.05) is 13.2 Å². The second-order valence-corrected chi connectivity index (χ2v) is 6.07. The molecule has 2 rings (SSSR count). The molecule has 0 radical (unpaired) electrons. The maximum absolute atomic E-state index is 12.1. The van der Waals surface area contributed by atoms with Gasteiger partial charge in [0.15, 0.2) is 0 Å². The Balaban J connectivity index is 1.96. The highest BCUT2D eigenvalue weighted by Crippen LogP contribution is 2.16. The summed E-state index contributed by atoms with van der Waals surface area (Å²) in [5.41, 5.74) is 0.683. The van der Waals surface area contributed by atoms with E-state index in [1.54, 1.807) is 18.3 Å². The van der Waals surface area contributed by atoms with Crippen molar-refractivity contribution >= 4 is 10.0 Å². The molecule has 0 spiro atoms. The monoisotopic (exact) mass is 311 g/mol. The van der Waals surface area contributed by atoms with E-state index in [-0.39, 0.29) is 18.0 Å². The number of sulfonamides is 1. The summed E-state index contributed by atoms with van der Waals surface area (Å²) in [5, 5.41) is 8.66. The number of hydrogen-bond acceptors (Lipinski definition) is 5. The van der Waals surface area contributed by atoms with Crippen LogP contribution in [0.3, 0.4) is 0 Å². The van der Waals surface area contributed by atoms with E-state index in [2.05, 4.69) is 14.7 Å². The largest absolute Gasteiger partial charge is 0.494 e. The third kappa shape index (κ3) is 4.55. The van der Waals surface area contributed by atoms with E-state index < -0.39 is 10.0 Å². The third-order valence-corrected chi connectivity index (χ3v) is 4.13. The lowest BCUT2D eigenvalue weighted by Gasteiger charge is -2.08. The minimum absolute atomic E-state index is 0.0595. The van der Waals surface area contributed by atoms with Gasteiger partial charge in [0, 0.05) is 24.9 Å². The molecule has 0 bridgehead atoms. The number of hydrogen-bond donors (Lipinski definition) is 3. The summed E-state index contributed by atoms with van der Waals surface area (Å²) in [6, 6.07) is 6.12. The fourth-order valence-corrected chi connectivity index (χ4v) is 2.61. The Labute approximate surface area is 123 Å². The highest BCUT2D eigenvalue weighted by Gasteiger charge is 2.13. The zero-order chi connectivity index (χ0) is 15.1. The van der Waals surface area contributed by atoms with Gasteiger partial charge in [-0.2, -0.15) is 0 Å². The maximum atomic E-state index is 12.1. The quantitative estimate of drug-likeness (QED) is 0.621. The van der Waals surface area contributed by atoms with Crippen LogP contribution in [-0.4, -0.2) is 36.7 Å². The Hall–Kier alpha value is -1.90. The van der Waals surface area contributed by atoms with Crippen LogP contribution < -0.4 is 9.46 Å². The van der Waals surface area contributed by atoms with Crippen molar-refractivity contribution in [2.45, 2.75) is 17.9 Å². The first-order valence-corrected chi connectivity index (χ1v) is 7.91. The molecule has 1 aromatic carbocycles. The number of benzene rings is 1. The Morgan fingerprint density at radius 1 is 1.29 bits per heavy atom. The second kappa shape index (κ2) is 7.21. The molecule has 114 valence electrons. The fourth-order valence-electron chi connectivity index (χ4n) is 1.61. The molecule has 1 heterocycles. The number of aromatic amines is 1. The molecule has 1 aromatic heterocycles. The van der Waals surface area contributed by atoms with Gasteiger partial charge in [-0.25, -0.2) is 18.1 Å². The molecule has 8 heteroatoms. The topological polar surface area (TPSA) is 104 Å². The van der Waals surface area contributed by atoms with E-state index in [9.17, 15) is 8.42 Å². The van der Waals surface area contributed by atoms with E-state index in [0.717, 1.165) is 0 Å². The van der Waals surface area contributed by atoms with E-state index in [1.165, 1.54) is 18.5 Å². The summed E-state index contributed by atoms with van der Waals surface area (Å²) < 4.78 is 32.0. The molecule has 21 heavy (non-hydrogen) atoms. The predicted octanol–water partition coefficient (Wildman–Crippen LogP) is 0.649. The van der Waals surface area contributed by atoms with Crippen LogP contribution in [0.4, 0.5) is 0 Å². The summed E-state index contributed by atoms with van der Waals surface area (Å²) in [7, 11) is -3.57. The SMILES string of the molecule is O=S(=O)(NCc1cnc[nH]1)c1ccc(OCCCO)cc1. The summed E-state index contributed by atoms with van der Waals surface area (Å²) in [6.07, 6.45) is 3.58. The zero-order valence-electron chi connectivity index (χ0n) is 11.3. The molecule has 0 aliphatic carbocycles. The summed E-state index contributed by atoms with van der Waals surface area (Å²) in [6.45, 7) is 0.599. The van der Waals surface area contributed by atoms with E-state index >= 15 is 0 Å². The first-order chi connectivity index (χ1) is 10.1. The van der Waals surface area contributed by atoms with Crippen LogP contribution >= 0.6 is 0 Å². The number of aromatic nitrogens is 2. The van der Waals surface area contributed by atoms with Crippen LogP contribution in [0.5, 0.6) is 5.75 Å². The van der Waals surface area contributed by atoms with Crippen LogP contribution in [0.25, 0.3) is 0 Å². The van der Waals surface area contributed by atoms with Gasteiger partial charge in [0.05, 0.1) is 24.4 Å². The van der Waals surface area contributed by atoms with Gasteiger partial charge in [-0.1, -0.05) is 0 Å². The highest BCUT2D eigenvalue weighted by molar-refractivity contribution is 7.89. The molecule has 0 aliphatic rings. The van der Waals surface area contributed by atoms with Crippen LogP contribution in [0.2, 0.25) is 0 Å².